The molecule has 0 saturated carbocycles. The number of ether oxygens (including phenoxy) is 1. The zero-order valence-electron chi connectivity index (χ0n) is 15.5. The molecule has 27 heavy (non-hydrogen) atoms. The van der Waals surface area contributed by atoms with E-state index >= 15 is 0 Å². The molecule has 2 N–H and O–H groups in total. The summed E-state index contributed by atoms with van der Waals surface area (Å²) in [6.45, 7) is 7.06. The molecule has 3 aromatic rings. The molecule has 0 aliphatic carbocycles. The Labute approximate surface area is 162 Å². The molecule has 0 amide bonds. The van der Waals surface area contributed by atoms with Gasteiger partial charge in [-0.15, -0.1) is 0 Å². The Kier molecular flexibility index (Phi) is 4.53. The molecule has 2 atom stereocenters. The van der Waals surface area contributed by atoms with Crippen LogP contribution in [-0.4, -0.2) is 43.1 Å². The van der Waals surface area contributed by atoms with Crippen LogP contribution in [0.1, 0.15) is 31.0 Å². The quantitative estimate of drug-likeness (QED) is 0.669. The van der Waals surface area contributed by atoms with Gasteiger partial charge in [0.05, 0.1) is 18.1 Å². The van der Waals surface area contributed by atoms with Crippen molar-refractivity contribution in [2.24, 2.45) is 0 Å². The van der Waals surface area contributed by atoms with Crippen molar-refractivity contribution < 1.29 is 9.84 Å². The zero-order valence-corrected chi connectivity index (χ0v) is 16.2. The molecular weight excluding hydrogens is 366 g/mol. The molecule has 0 unspecified atom stereocenters. The lowest BCUT2D eigenvalue weighted by Gasteiger charge is -2.42. The summed E-state index contributed by atoms with van der Waals surface area (Å²) in [5, 5.41) is 19.9. The van der Waals surface area contributed by atoms with Crippen LogP contribution in [0.3, 0.4) is 0 Å². The number of nitrogens with zero attached hydrogens (tertiary/aromatic N) is 4. The van der Waals surface area contributed by atoms with Crippen LogP contribution in [0.2, 0.25) is 5.15 Å². The first-order valence-corrected chi connectivity index (χ1v) is 9.26. The fourth-order valence-electron chi connectivity index (χ4n) is 3.55. The molecule has 142 valence electrons. The number of halogens is 1. The van der Waals surface area contributed by atoms with Gasteiger partial charge in [-0.3, -0.25) is 4.68 Å². The summed E-state index contributed by atoms with van der Waals surface area (Å²) in [6, 6.07) is 5.49. The van der Waals surface area contributed by atoms with Crippen LogP contribution in [-0.2, 0) is 6.54 Å². The highest BCUT2D eigenvalue weighted by molar-refractivity contribution is 6.29. The Morgan fingerprint density at radius 3 is 2.89 bits per heavy atom. The minimum absolute atomic E-state index is 0.294. The molecule has 4 rings (SSSR count). The maximum absolute atomic E-state index is 10.9. The van der Waals surface area contributed by atoms with Gasteiger partial charge in [-0.2, -0.15) is 5.10 Å². The fourth-order valence-corrected chi connectivity index (χ4v) is 3.80. The number of aryl methyl sites for hydroxylation is 1. The maximum Gasteiger partial charge on any atom is 0.137 e. The Balaban J connectivity index is 1.71. The molecule has 8 heteroatoms. The first-order valence-electron chi connectivity index (χ1n) is 8.89. The van der Waals surface area contributed by atoms with Gasteiger partial charge in [0, 0.05) is 17.5 Å². The monoisotopic (exact) mass is 387 g/mol. The number of hydrogen-bond donors (Lipinski definition) is 2. The van der Waals surface area contributed by atoms with Crippen molar-refractivity contribution in [3.05, 3.63) is 47.1 Å². The van der Waals surface area contributed by atoms with Gasteiger partial charge in [0.1, 0.15) is 35.3 Å². The predicted molar refractivity (Wildman–Crippen MR) is 103 cm³/mol. The Morgan fingerprint density at radius 1 is 1.33 bits per heavy atom. The average molecular weight is 388 g/mol. The van der Waals surface area contributed by atoms with Crippen LogP contribution in [0.25, 0.3) is 10.9 Å². The first kappa shape index (κ1) is 18.2. The second-order valence-corrected chi connectivity index (χ2v) is 7.80. The average Bonchev–Trinajstić information content (AvgIpc) is 3.11. The van der Waals surface area contributed by atoms with Crippen LogP contribution >= 0.6 is 11.6 Å². The molecule has 0 fully saturated rings. The van der Waals surface area contributed by atoms with Crippen LogP contribution < -0.4 is 10.1 Å². The van der Waals surface area contributed by atoms with Gasteiger partial charge in [-0.25, -0.2) is 9.97 Å². The molecule has 0 saturated heterocycles. The Morgan fingerprint density at radius 2 is 2.15 bits per heavy atom. The van der Waals surface area contributed by atoms with E-state index in [-0.39, 0.29) is 6.04 Å². The third-order valence-corrected chi connectivity index (χ3v) is 5.22. The SMILES string of the molecule is Cc1cc(Cl)nc2cc3c(cc12)OC(C)(C)[C@H](O)[C@H]3NCCn1cncn1. The number of fused-ring (bicyclic) bond motifs is 2. The Bertz CT molecular complexity index is 974. The van der Waals surface area contributed by atoms with Crippen molar-refractivity contribution in [2.45, 2.75) is 45.1 Å². The molecule has 7 nitrogen and oxygen atoms in total. The number of pyridine rings is 1. The number of hydrogen-bond acceptors (Lipinski definition) is 6. The second kappa shape index (κ2) is 6.74. The summed E-state index contributed by atoms with van der Waals surface area (Å²) in [6.07, 6.45) is 2.45. The van der Waals surface area contributed by atoms with Crippen molar-refractivity contribution in [1.29, 1.82) is 0 Å². The van der Waals surface area contributed by atoms with Crippen LogP contribution in [0.4, 0.5) is 0 Å². The third kappa shape index (κ3) is 3.38. The van der Waals surface area contributed by atoms with E-state index in [0.29, 0.717) is 18.2 Å². The highest BCUT2D eigenvalue weighted by Crippen LogP contribution is 2.42. The summed E-state index contributed by atoms with van der Waals surface area (Å²) in [5.41, 5.74) is 1.98. The highest BCUT2D eigenvalue weighted by atomic mass is 35.5. The topological polar surface area (TPSA) is 85.1 Å². The van der Waals surface area contributed by atoms with E-state index < -0.39 is 11.7 Å². The van der Waals surface area contributed by atoms with Crippen molar-refractivity contribution >= 4 is 22.5 Å². The van der Waals surface area contributed by atoms with Crippen molar-refractivity contribution in [3.8, 4) is 5.75 Å². The molecular formula is C19H22ClN5O2. The van der Waals surface area contributed by atoms with Crippen molar-refractivity contribution in [1.82, 2.24) is 25.1 Å². The summed E-state index contributed by atoms with van der Waals surface area (Å²) in [4.78, 5) is 8.39. The fraction of sp³-hybridized carbons (Fsp3) is 0.421. The molecule has 0 bridgehead atoms. The molecule has 1 aliphatic rings. The number of aliphatic hydroxyl groups is 1. The van der Waals surface area contributed by atoms with Crippen LogP contribution in [0.15, 0.2) is 30.9 Å². The van der Waals surface area contributed by atoms with Crippen LogP contribution in [0, 0.1) is 6.92 Å². The molecule has 0 spiro atoms. The Hall–Kier alpha value is -2.22. The first-order chi connectivity index (χ1) is 12.8. The van der Waals surface area contributed by atoms with Gasteiger partial charge >= 0.3 is 0 Å². The largest absolute Gasteiger partial charge is 0.485 e. The normalized spacial score (nSPS) is 21.1. The zero-order chi connectivity index (χ0) is 19.2. The molecule has 0 radical (unpaired) electrons. The summed E-state index contributed by atoms with van der Waals surface area (Å²) < 4.78 is 7.87. The van der Waals surface area contributed by atoms with E-state index in [4.69, 9.17) is 16.3 Å². The summed E-state index contributed by atoms with van der Waals surface area (Å²) >= 11 is 6.14. The lowest BCUT2D eigenvalue weighted by atomic mass is 9.85. The van der Waals surface area contributed by atoms with E-state index in [1.165, 1.54) is 6.33 Å². The highest BCUT2D eigenvalue weighted by Gasteiger charge is 2.42. The summed E-state index contributed by atoms with van der Waals surface area (Å²) in [5.74, 6) is 0.753. The van der Waals surface area contributed by atoms with E-state index in [0.717, 1.165) is 27.8 Å². The molecule has 1 aromatic carbocycles. The lowest BCUT2D eigenvalue weighted by molar-refractivity contribution is -0.0644. The van der Waals surface area contributed by atoms with Gasteiger partial charge in [-0.05, 0) is 44.5 Å². The smallest absolute Gasteiger partial charge is 0.137 e. The van der Waals surface area contributed by atoms with E-state index in [1.807, 2.05) is 39.0 Å². The van der Waals surface area contributed by atoms with Gasteiger partial charge < -0.3 is 15.2 Å². The second-order valence-electron chi connectivity index (χ2n) is 7.41. The van der Waals surface area contributed by atoms with E-state index in [2.05, 4.69) is 20.4 Å². The minimum Gasteiger partial charge on any atom is -0.485 e. The van der Waals surface area contributed by atoms with Gasteiger partial charge in [0.25, 0.3) is 0 Å². The van der Waals surface area contributed by atoms with Crippen molar-refractivity contribution in [3.63, 3.8) is 0 Å². The molecule has 3 heterocycles. The van der Waals surface area contributed by atoms with Gasteiger partial charge in [0.15, 0.2) is 0 Å². The molecule has 1 aliphatic heterocycles. The standard InChI is InChI=1S/C19H22ClN5O2/c1-11-6-16(20)24-14-7-13-15(8-12(11)14)27-19(2,3)18(26)17(13)22-4-5-25-10-21-9-23-25/h6-10,17-18,22,26H,4-5H2,1-3H3/t17-,18+/m0/s1. The molecule has 2 aromatic heterocycles. The van der Waals surface area contributed by atoms with E-state index in [9.17, 15) is 5.11 Å². The maximum atomic E-state index is 10.9. The predicted octanol–water partition coefficient (Wildman–Crippen LogP) is 2.65. The van der Waals surface area contributed by atoms with Gasteiger partial charge in [0.2, 0.25) is 0 Å². The lowest BCUT2D eigenvalue weighted by Crippen LogP contribution is -2.52. The van der Waals surface area contributed by atoms with Crippen LogP contribution in [0.5, 0.6) is 5.75 Å². The number of benzene rings is 1. The summed E-state index contributed by atoms with van der Waals surface area (Å²) in [7, 11) is 0. The third-order valence-electron chi connectivity index (χ3n) is 5.02. The number of rotatable bonds is 4. The number of aliphatic hydroxyl groups excluding tert-OH is 1. The van der Waals surface area contributed by atoms with E-state index in [1.54, 1.807) is 11.0 Å². The van der Waals surface area contributed by atoms with Crippen molar-refractivity contribution in [2.75, 3.05) is 6.54 Å². The minimum atomic E-state index is -0.724. The number of nitrogens with one attached hydrogen (secondary N) is 1. The van der Waals surface area contributed by atoms with Gasteiger partial charge in [-0.1, -0.05) is 11.6 Å². The number of aromatic nitrogens is 4.